The molecule has 158 valence electrons. The second-order valence-corrected chi connectivity index (χ2v) is 9.52. The largest absolute Gasteiger partial charge is 0.444 e. The van der Waals surface area contributed by atoms with Gasteiger partial charge < -0.3 is 15.0 Å². The second kappa shape index (κ2) is 8.04. The van der Waals surface area contributed by atoms with Gasteiger partial charge in [0.2, 0.25) is 5.91 Å². The fourth-order valence-corrected chi connectivity index (χ4v) is 5.95. The highest BCUT2D eigenvalue weighted by atomic mass is 32.1. The SMILES string of the molecule is CCC(=O)Nc1cccc(-c2ccc(N3CC(C4CN5CCC4CC5)OC3=O)s2)c1. The van der Waals surface area contributed by atoms with Gasteiger partial charge in [-0.25, -0.2) is 4.79 Å². The van der Waals surface area contributed by atoms with E-state index in [0.717, 1.165) is 27.7 Å². The maximum atomic E-state index is 12.6. The molecule has 4 fully saturated rings. The van der Waals surface area contributed by atoms with Gasteiger partial charge >= 0.3 is 6.09 Å². The van der Waals surface area contributed by atoms with E-state index in [4.69, 9.17) is 4.74 Å². The van der Waals surface area contributed by atoms with Crippen LogP contribution in [-0.2, 0) is 9.53 Å². The predicted molar refractivity (Wildman–Crippen MR) is 119 cm³/mol. The Morgan fingerprint density at radius 1 is 1.20 bits per heavy atom. The summed E-state index contributed by atoms with van der Waals surface area (Å²) in [4.78, 5) is 29.7. The smallest absolute Gasteiger partial charge is 0.415 e. The summed E-state index contributed by atoms with van der Waals surface area (Å²) >= 11 is 1.59. The number of benzene rings is 1. The van der Waals surface area contributed by atoms with E-state index in [1.54, 1.807) is 16.2 Å². The van der Waals surface area contributed by atoms with Crippen molar-refractivity contribution < 1.29 is 14.3 Å². The maximum absolute atomic E-state index is 12.6. The minimum Gasteiger partial charge on any atom is -0.444 e. The van der Waals surface area contributed by atoms with Gasteiger partial charge in [0.05, 0.1) is 6.54 Å². The first-order chi connectivity index (χ1) is 14.6. The number of hydrogen-bond donors (Lipinski definition) is 1. The minimum atomic E-state index is -0.228. The van der Waals surface area contributed by atoms with Crippen molar-refractivity contribution in [3.8, 4) is 10.4 Å². The van der Waals surface area contributed by atoms with E-state index in [1.807, 2.05) is 43.3 Å². The lowest BCUT2D eigenvalue weighted by Crippen LogP contribution is -2.52. The summed E-state index contributed by atoms with van der Waals surface area (Å²) in [6.07, 6.45) is 2.67. The van der Waals surface area contributed by atoms with Crippen LogP contribution < -0.4 is 10.2 Å². The quantitative estimate of drug-likeness (QED) is 0.770. The average Bonchev–Trinajstić information content (AvgIpc) is 3.41. The molecule has 2 amide bonds. The first kappa shape index (κ1) is 19.6. The van der Waals surface area contributed by atoms with Crippen molar-refractivity contribution >= 4 is 34.0 Å². The van der Waals surface area contributed by atoms with Crippen LogP contribution in [0.3, 0.4) is 0 Å². The van der Waals surface area contributed by atoms with E-state index in [9.17, 15) is 9.59 Å². The van der Waals surface area contributed by atoms with Crippen LogP contribution in [0.2, 0.25) is 0 Å². The average molecular weight is 426 g/mol. The first-order valence-corrected chi connectivity index (χ1v) is 11.6. The molecule has 5 heterocycles. The highest BCUT2D eigenvalue weighted by Gasteiger charge is 2.45. The first-order valence-electron chi connectivity index (χ1n) is 10.8. The van der Waals surface area contributed by atoms with E-state index < -0.39 is 0 Å². The zero-order valence-electron chi connectivity index (χ0n) is 17.2. The Hall–Kier alpha value is -2.38. The molecule has 0 saturated carbocycles. The fraction of sp³-hybridized carbons (Fsp3) is 0.478. The number of cyclic esters (lactones) is 1. The summed E-state index contributed by atoms with van der Waals surface area (Å²) in [5.74, 6) is 1.14. The maximum Gasteiger partial charge on any atom is 0.415 e. The van der Waals surface area contributed by atoms with Crippen molar-refractivity contribution in [3.63, 3.8) is 0 Å². The summed E-state index contributed by atoms with van der Waals surface area (Å²) in [6.45, 7) is 5.92. The van der Waals surface area contributed by atoms with Gasteiger partial charge in [-0.15, -0.1) is 11.3 Å². The topological polar surface area (TPSA) is 61.9 Å². The number of carbonyl (C=O) groups excluding carboxylic acids is 2. The summed E-state index contributed by atoms with van der Waals surface area (Å²) < 4.78 is 5.83. The van der Waals surface area contributed by atoms with E-state index in [1.165, 1.54) is 25.9 Å². The Kier molecular flexibility index (Phi) is 5.25. The highest BCUT2D eigenvalue weighted by Crippen LogP contribution is 2.40. The lowest BCUT2D eigenvalue weighted by molar-refractivity contribution is -0.115. The van der Waals surface area contributed by atoms with Crippen molar-refractivity contribution in [1.29, 1.82) is 0 Å². The molecule has 2 aromatic rings. The van der Waals surface area contributed by atoms with Crippen molar-refractivity contribution in [1.82, 2.24) is 4.90 Å². The monoisotopic (exact) mass is 425 g/mol. The molecule has 1 N–H and O–H groups in total. The molecule has 2 bridgehead atoms. The predicted octanol–water partition coefficient (Wildman–Crippen LogP) is 4.43. The van der Waals surface area contributed by atoms with Crippen LogP contribution in [0.1, 0.15) is 26.2 Å². The molecule has 0 radical (unpaired) electrons. The molecule has 4 aliphatic heterocycles. The molecule has 6 rings (SSSR count). The standard InChI is InChI=1S/C23H27N3O3S/c1-2-21(27)24-17-5-3-4-16(12-17)20-6-7-22(30-20)26-14-19(29-23(26)28)18-13-25-10-8-15(18)9-11-25/h3-7,12,15,18-19H,2,8-11,13-14H2,1H3,(H,24,27). The number of carbonyl (C=O) groups is 2. The second-order valence-electron chi connectivity index (χ2n) is 8.46. The number of hydrogen-bond acceptors (Lipinski definition) is 5. The van der Waals surface area contributed by atoms with Crippen LogP contribution in [0, 0.1) is 11.8 Å². The number of rotatable bonds is 5. The van der Waals surface area contributed by atoms with Crippen LogP contribution in [0.15, 0.2) is 36.4 Å². The highest BCUT2D eigenvalue weighted by molar-refractivity contribution is 7.19. The van der Waals surface area contributed by atoms with Gasteiger partial charge in [-0.05, 0) is 61.7 Å². The van der Waals surface area contributed by atoms with Crippen LogP contribution in [0.5, 0.6) is 0 Å². The third-order valence-electron chi connectivity index (χ3n) is 6.63. The molecule has 30 heavy (non-hydrogen) atoms. The molecule has 0 aliphatic carbocycles. The number of thiophene rings is 1. The van der Waals surface area contributed by atoms with E-state index in [-0.39, 0.29) is 18.1 Å². The van der Waals surface area contributed by atoms with Crippen molar-refractivity contribution in [2.45, 2.75) is 32.3 Å². The molecular weight excluding hydrogens is 398 g/mol. The number of amides is 2. The van der Waals surface area contributed by atoms with Crippen molar-refractivity contribution in [2.75, 3.05) is 36.4 Å². The Morgan fingerprint density at radius 2 is 2.03 bits per heavy atom. The Morgan fingerprint density at radius 3 is 2.77 bits per heavy atom. The lowest BCUT2D eigenvalue weighted by atomic mass is 9.76. The van der Waals surface area contributed by atoms with Gasteiger partial charge in [0, 0.05) is 29.4 Å². The van der Waals surface area contributed by atoms with Crippen LogP contribution in [-0.4, -0.2) is 49.2 Å². The molecular formula is C23H27N3O3S. The van der Waals surface area contributed by atoms with E-state index in [2.05, 4.69) is 10.2 Å². The van der Waals surface area contributed by atoms with Gasteiger partial charge in [0.25, 0.3) is 0 Å². The molecule has 4 aliphatic rings. The van der Waals surface area contributed by atoms with Crippen LogP contribution in [0.4, 0.5) is 15.5 Å². The number of fused-ring (bicyclic) bond motifs is 3. The third kappa shape index (κ3) is 3.72. The molecule has 7 heteroatoms. The number of nitrogens with zero attached hydrogens (tertiary/aromatic N) is 2. The van der Waals surface area contributed by atoms with Crippen molar-refractivity contribution in [3.05, 3.63) is 36.4 Å². The molecule has 2 atom stereocenters. The van der Waals surface area contributed by atoms with Gasteiger partial charge in [0.15, 0.2) is 0 Å². The van der Waals surface area contributed by atoms with Gasteiger partial charge in [-0.1, -0.05) is 19.1 Å². The summed E-state index contributed by atoms with van der Waals surface area (Å²) in [5.41, 5.74) is 1.82. The Labute approximate surface area is 180 Å². The number of piperidine rings is 3. The zero-order valence-corrected chi connectivity index (χ0v) is 18.0. The van der Waals surface area contributed by atoms with E-state index >= 15 is 0 Å². The van der Waals surface area contributed by atoms with E-state index in [0.29, 0.717) is 24.8 Å². The van der Waals surface area contributed by atoms with Gasteiger partial charge in [-0.3, -0.25) is 9.69 Å². The summed E-state index contributed by atoms with van der Waals surface area (Å²) in [6, 6.07) is 11.9. The Bertz CT molecular complexity index is 951. The van der Waals surface area contributed by atoms with Gasteiger partial charge in [0.1, 0.15) is 11.1 Å². The lowest BCUT2D eigenvalue weighted by Gasteiger charge is -2.46. The number of ether oxygens (including phenoxy) is 1. The van der Waals surface area contributed by atoms with Crippen LogP contribution in [0.25, 0.3) is 10.4 Å². The fourth-order valence-electron chi connectivity index (χ4n) is 4.95. The molecule has 4 saturated heterocycles. The summed E-state index contributed by atoms with van der Waals surface area (Å²) in [7, 11) is 0. The zero-order chi connectivity index (χ0) is 20.7. The van der Waals surface area contributed by atoms with Crippen LogP contribution >= 0.6 is 11.3 Å². The third-order valence-corrected chi connectivity index (χ3v) is 7.79. The molecule has 0 spiro atoms. The number of anilines is 2. The van der Waals surface area contributed by atoms with Gasteiger partial charge in [-0.2, -0.15) is 0 Å². The molecule has 2 unspecified atom stereocenters. The summed E-state index contributed by atoms with van der Waals surface area (Å²) in [5, 5.41) is 3.82. The molecule has 1 aromatic heterocycles. The normalized spacial score (nSPS) is 27.9. The number of nitrogens with one attached hydrogen (secondary N) is 1. The molecule has 6 nitrogen and oxygen atoms in total. The molecule has 1 aromatic carbocycles. The van der Waals surface area contributed by atoms with Crippen molar-refractivity contribution in [2.24, 2.45) is 11.8 Å². The minimum absolute atomic E-state index is 0.00221. The Balaban J connectivity index is 1.30.